The lowest BCUT2D eigenvalue weighted by Crippen LogP contribution is -2.17. The lowest BCUT2D eigenvalue weighted by molar-refractivity contribution is 0.416. The molecule has 2 rings (SSSR count). The van der Waals surface area contributed by atoms with Gasteiger partial charge in [0.25, 0.3) is 10.0 Å². The minimum absolute atomic E-state index is 0.159. The Balaban J connectivity index is 2.48. The highest BCUT2D eigenvalue weighted by Crippen LogP contribution is 2.30. The fourth-order valence-corrected chi connectivity index (χ4v) is 3.15. The first-order valence-electron chi connectivity index (χ1n) is 6.06. The van der Waals surface area contributed by atoms with Gasteiger partial charge < -0.3 is 10.5 Å². The first kappa shape index (κ1) is 15.1. The number of ether oxygens (including phenoxy) is 1. The highest BCUT2D eigenvalue weighted by Gasteiger charge is 2.23. The lowest BCUT2D eigenvalue weighted by Gasteiger charge is -2.14. The van der Waals surface area contributed by atoms with E-state index in [-0.39, 0.29) is 11.4 Å². The molecule has 0 atom stereocenters. The van der Waals surface area contributed by atoms with Crippen molar-refractivity contribution in [2.24, 2.45) is 0 Å². The van der Waals surface area contributed by atoms with E-state index >= 15 is 0 Å². The summed E-state index contributed by atoms with van der Waals surface area (Å²) in [5, 5.41) is 0. The number of halogens is 1. The van der Waals surface area contributed by atoms with Crippen LogP contribution in [-0.2, 0) is 10.0 Å². The van der Waals surface area contributed by atoms with Crippen LogP contribution < -0.4 is 15.2 Å². The molecule has 2 aromatic carbocycles. The number of aryl methyl sites for hydroxylation is 1. The number of nitrogens with two attached hydrogens (primary N) is 1. The molecular weight excluding hydrogens is 295 g/mol. The SMILES string of the molecule is COc1cc(C)ccc1NS(=O)(=O)c1c(N)cccc1F. The molecule has 0 heterocycles. The molecule has 0 aromatic heterocycles. The zero-order valence-electron chi connectivity index (χ0n) is 11.6. The highest BCUT2D eigenvalue weighted by atomic mass is 32.2. The summed E-state index contributed by atoms with van der Waals surface area (Å²) < 4.78 is 45.8. The van der Waals surface area contributed by atoms with Gasteiger partial charge in [-0.25, -0.2) is 12.8 Å². The lowest BCUT2D eigenvalue weighted by atomic mass is 10.2. The number of nitrogen functional groups attached to an aromatic ring is 1. The van der Waals surface area contributed by atoms with Crippen molar-refractivity contribution in [2.75, 3.05) is 17.6 Å². The van der Waals surface area contributed by atoms with E-state index in [9.17, 15) is 12.8 Å². The van der Waals surface area contributed by atoms with Crippen LogP contribution in [0.4, 0.5) is 15.8 Å². The van der Waals surface area contributed by atoms with E-state index in [1.807, 2.05) is 6.92 Å². The normalized spacial score (nSPS) is 11.2. The summed E-state index contributed by atoms with van der Waals surface area (Å²) in [7, 11) is -2.73. The van der Waals surface area contributed by atoms with Gasteiger partial charge in [0.05, 0.1) is 18.5 Å². The van der Waals surface area contributed by atoms with Crippen LogP contribution in [0, 0.1) is 12.7 Å². The van der Waals surface area contributed by atoms with E-state index in [4.69, 9.17) is 10.5 Å². The molecule has 0 saturated heterocycles. The van der Waals surface area contributed by atoms with Gasteiger partial charge in [-0.15, -0.1) is 0 Å². The van der Waals surface area contributed by atoms with Gasteiger partial charge in [-0.05, 0) is 36.8 Å². The molecule has 0 aliphatic rings. The van der Waals surface area contributed by atoms with Gasteiger partial charge in [0.1, 0.15) is 16.5 Å². The standard InChI is InChI=1S/C14H15FN2O3S/c1-9-6-7-12(13(8-9)20-2)17-21(18,19)14-10(15)4-3-5-11(14)16/h3-8,17H,16H2,1-2H3. The van der Waals surface area contributed by atoms with E-state index in [2.05, 4.69) is 4.72 Å². The average Bonchev–Trinajstić information content (AvgIpc) is 2.40. The van der Waals surface area contributed by atoms with Crippen LogP contribution in [0.5, 0.6) is 5.75 Å². The van der Waals surface area contributed by atoms with E-state index in [0.717, 1.165) is 11.6 Å². The van der Waals surface area contributed by atoms with Crippen molar-refractivity contribution >= 4 is 21.4 Å². The van der Waals surface area contributed by atoms with Crippen LogP contribution in [0.1, 0.15) is 5.56 Å². The van der Waals surface area contributed by atoms with Gasteiger partial charge in [0.2, 0.25) is 0 Å². The molecule has 0 aliphatic heterocycles. The van der Waals surface area contributed by atoms with Crippen molar-refractivity contribution in [1.29, 1.82) is 0 Å². The second-order valence-electron chi connectivity index (χ2n) is 4.47. The number of rotatable bonds is 4. The van der Waals surface area contributed by atoms with Crippen LogP contribution in [-0.4, -0.2) is 15.5 Å². The number of anilines is 2. The molecule has 21 heavy (non-hydrogen) atoms. The summed E-state index contributed by atoms with van der Waals surface area (Å²) in [4.78, 5) is -0.576. The van der Waals surface area contributed by atoms with Crippen molar-refractivity contribution in [3.05, 3.63) is 47.8 Å². The molecule has 0 aliphatic carbocycles. The van der Waals surface area contributed by atoms with Crippen LogP contribution >= 0.6 is 0 Å². The minimum atomic E-state index is -4.15. The molecule has 0 radical (unpaired) electrons. The molecule has 3 N–H and O–H groups in total. The third kappa shape index (κ3) is 3.08. The molecule has 7 heteroatoms. The highest BCUT2D eigenvalue weighted by molar-refractivity contribution is 7.92. The Hall–Kier alpha value is -2.28. The number of benzene rings is 2. The monoisotopic (exact) mass is 310 g/mol. The molecular formula is C14H15FN2O3S. The summed E-state index contributed by atoms with van der Waals surface area (Å²) in [6.45, 7) is 1.84. The van der Waals surface area contributed by atoms with Gasteiger partial charge in [-0.3, -0.25) is 4.72 Å². The summed E-state index contributed by atoms with van der Waals surface area (Å²) in [6, 6.07) is 8.63. The maximum absolute atomic E-state index is 13.8. The van der Waals surface area contributed by atoms with Gasteiger partial charge in [-0.2, -0.15) is 0 Å². The Bertz CT molecular complexity index is 756. The second kappa shape index (κ2) is 5.61. The van der Waals surface area contributed by atoms with Crippen LogP contribution in [0.2, 0.25) is 0 Å². The van der Waals surface area contributed by atoms with Gasteiger partial charge in [0.15, 0.2) is 0 Å². The Labute approximate surface area is 122 Å². The Morgan fingerprint density at radius 3 is 2.57 bits per heavy atom. The fraction of sp³-hybridized carbons (Fsp3) is 0.143. The number of sulfonamides is 1. The molecule has 0 saturated carbocycles. The topological polar surface area (TPSA) is 81.4 Å². The van der Waals surface area contributed by atoms with Crippen molar-refractivity contribution < 1.29 is 17.5 Å². The molecule has 0 fully saturated rings. The van der Waals surface area contributed by atoms with Gasteiger partial charge in [-0.1, -0.05) is 12.1 Å². The number of methoxy groups -OCH3 is 1. The first-order valence-corrected chi connectivity index (χ1v) is 7.55. The molecule has 0 amide bonds. The molecule has 0 unspecified atom stereocenters. The first-order chi connectivity index (χ1) is 9.85. The molecule has 0 spiro atoms. The quantitative estimate of drug-likeness (QED) is 0.850. The fourth-order valence-electron chi connectivity index (χ4n) is 1.89. The maximum Gasteiger partial charge on any atom is 0.267 e. The smallest absolute Gasteiger partial charge is 0.267 e. The van der Waals surface area contributed by atoms with Crippen molar-refractivity contribution in [3.63, 3.8) is 0 Å². The summed E-state index contributed by atoms with van der Waals surface area (Å²) in [5.74, 6) is -0.568. The maximum atomic E-state index is 13.8. The minimum Gasteiger partial charge on any atom is -0.495 e. The summed E-state index contributed by atoms with van der Waals surface area (Å²) in [6.07, 6.45) is 0. The predicted octanol–water partition coefficient (Wildman–Crippen LogP) is 2.53. The zero-order chi connectivity index (χ0) is 15.6. The Morgan fingerprint density at radius 2 is 1.95 bits per heavy atom. The summed E-state index contributed by atoms with van der Waals surface area (Å²) >= 11 is 0. The van der Waals surface area contributed by atoms with Crippen molar-refractivity contribution in [2.45, 2.75) is 11.8 Å². The van der Waals surface area contributed by atoms with Crippen molar-refractivity contribution in [3.8, 4) is 5.75 Å². The molecule has 2 aromatic rings. The predicted molar refractivity (Wildman–Crippen MR) is 79.4 cm³/mol. The van der Waals surface area contributed by atoms with Gasteiger partial charge in [0, 0.05) is 0 Å². The largest absolute Gasteiger partial charge is 0.495 e. The third-order valence-corrected chi connectivity index (χ3v) is 4.32. The average molecular weight is 310 g/mol. The molecule has 0 bridgehead atoms. The van der Waals surface area contributed by atoms with Crippen molar-refractivity contribution in [1.82, 2.24) is 0 Å². The Morgan fingerprint density at radius 1 is 1.24 bits per heavy atom. The molecule has 5 nitrogen and oxygen atoms in total. The number of nitrogens with one attached hydrogen (secondary N) is 1. The van der Waals surface area contributed by atoms with Gasteiger partial charge >= 0.3 is 0 Å². The van der Waals surface area contributed by atoms with Crippen LogP contribution in [0.25, 0.3) is 0 Å². The van der Waals surface area contributed by atoms with E-state index in [1.54, 1.807) is 18.2 Å². The second-order valence-corrected chi connectivity index (χ2v) is 6.09. The van der Waals surface area contributed by atoms with Crippen LogP contribution in [0.3, 0.4) is 0 Å². The third-order valence-electron chi connectivity index (χ3n) is 2.87. The number of hydrogen-bond acceptors (Lipinski definition) is 4. The zero-order valence-corrected chi connectivity index (χ0v) is 12.4. The van der Waals surface area contributed by atoms with E-state index in [0.29, 0.717) is 5.75 Å². The summed E-state index contributed by atoms with van der Waals surface area (Å²) in [5.41, 5.74) is 6.52. The Kier molecular flexibility index (Phi) is 4.04. The number of hydrogen-bond donors (Lipinski definition) is 2. The molecule has 112 valence electrons. The van der Waals surface area contributed by atoms with E-state index in [1.165, 1.54) is 19.2 Å². The van der Waals surface area contributed by atoms with E-state index < -0.39 is 20.7 Å². The van der Waals surface area contributed by atoms with Crippen LogP contribution in [0.15, 0.2) is 41.3 Å².